The van der Waals surface area contributed by atoms with Gasteiger partial charge in [-0.05, 0) is 25.0 Å². The van der Waals surface area contributed by atoms with Gasteiger partial charge in [-0.1, -0.05) is 23.4 Å². The Morgan fingerprint density at radius 1 is 1.30 bits per heavy atom. The van der Waals surface area contributed by atoms with Crippen LogP contribution in [0, 0.1) is 23.6 Å². The minimum absolute atomic E-state index is 0.172. The topological polar surface area (TPSA) is 46.2 Å². The molecule has 0 saturated heterocycles. The highest BCUT2D eigenvalue weighted by molar-refractivity contribution is 6.30. The van der Waals surface area contributed by atoms with Crippen LogP contribution in [0.15, 0.2) is 12.1 Å². The van der Waals surface area contributed by atoms with Crippen molar-refractivity contribution in [2.24, 2.45) is 5.92 Å². The number of halogens is 5. The molecule has 0 bridgehead atoms. The van der Waals surface area contributed by atoms with Crippen LogP contribution >= 0.6 is 11.6 Å². The van der Waals surface area contributed by atoms with Gasteiger partial charge in [0.15, 0.2) is 0 Å². The number of anilines is 1. The van der Waals surface area contributed by atoms with E-state index in [4.69, 9.17) is 17.3 Å². The van der Waals surface area contributed by atoms with E-state index in [1.807, 2.05) is 0 Å². The summed E-state index contributed by atoms with van der Waals surface area (Å²) in [5.41, 5.74) is 0.0525. The monoisotopic (exact) mass is 307 g/mol. The summed E-state index contributed by atoms with van der Waals surface area (Å²) in [6, 6.07) is 1.54. The van der Waals surface area contributed by atoms with Crippen molar-refractivity contribution in [3.8, 4) is 11.8 Å². The molecule has 1 aliphatic carbocycles. The van der Waals surface area contributed by atoms with E-state index in [2.05, 4.69) is 5.92 Å². The molecule has 1 aromatic carbocycles. The molecule has 7 heteroatoms. The van der Waals surface area contributed by atoms with Crippen molar-refractivity contribution in [2.75, 3.05) is 5.73 Å². The first-order chi connectivity index (χ1) is 9.15. The first-order valence-electron chi connectivity index (χ1n) is 5.72. The smallest absolute Gasteiger partial charge is 0.396 e. The van der Waals surface area contributed by atoms with Gasteiger partial charge in [-0.15, -0.1) is 0 Å². The van der Waals surface area contributed by atoms with E-state index in [-0.39, 0.29) is 10.9 Å². The summed E-state index contributed by atoms with van der Waals surface area (Å²) in [5.74, 6) is 2.80. The normalized spacial score (nSPS) is 18.1. The highest BCUT2D eigenvalue weighted by atomic mass is 35.5. The average Bonchev–Trinajstić information content (AvgIpc) is 3.13. The Hall–Kier alpha value is -1.45. The highest BCUT2D eigenvalue weighted by Crippen LogP contribution is 2.43. The van der Waals surface area contributed by atoms with E-state index in [1.54, 1.807) is 5.92 Å². The molecule has 1 aromatic rings. The van der Waals surface area contributed by atoms with Gasteiger partial charge in [-0.2, -0.15) is 13.2 Å². The molecule has 1 unspecified atom stereocenters. The molecule has 0 aromatic heterocycles. The summed E-state index contributed by atoms with van der Waals surface area (Å²) < 4.78 is 52.8. The molecule has 0 heterocycles. The molecule has 0 aliphatic heterocycles. The Morgan fingerprint density at radius 2 is 1.90 bits per heavy atom. The lowest BCUT2D eigenvalue weighted by molar-refractivity contribution is -0.240. The van der Waals surface area contributed by atoms with Crippen LogP contribution < -0.4 is 5.73 Å². The summed E-state index contributed by atoms with van der Waals surface area (Å²) in [6.45, 7) is 0. The van der Waals surface area contributed by atoms with Crippen molar-refractivity contribution >= 4 is 17.3 Å². The first-order valence-corrected chi connectivity index (χ1v) is 6.10. The molecule has 20 heavy (non-hydrogen) atoms. The summed E-state index contributed by atoms with van der Waals surface area (Å²) >= 11 is 5.53. The molecule has 3 N–H and O–H groups in total. The van der Waals surface area contributed by atoms with Gasteiger partial charge in [-0.3, -0.25) is 0 Å². The van der Waals surface area contributed by atoms with Gasteiger partial charge in [-0.25, -0.2) is 4.39 Å². The second-order valence-electron chi connectivity index (χ2n) is 4.60. The van der Waals surface area contributed by atoms with E-state index >= 15 is 0 Å². The number of aliphatic hydroxyl groups is 1. The van der Waals surface area contributed by atoms with Crippen molar-refractivity contribution in [2.45, 2.75) is 24.6 Å². The van der Waals surface area contributed by atoms with Crippen molar-refractivity contribution in [3.05, 3.63) is 28.5 Å². The molecule has 108 valence electrons. The van der Waals surface area contributed by atoms with Crippen LogP contribution in [0.1, 0.15) is 18.4 Å². The Morgan fingerprint density at radius 3 is 2.40 bits per heavy atom. The molecule has 2 nitrogen and oxygen atoms in total. The molecule has 0 spiro atoms. The fraction of sp³-hybridized carbons (Fsp3) is 0.385. The Bertz CT molecular complexity index is 601. The standard InChI is InChI=1S/C13H10ClF4NO/c14-8-5-9(11(19)10(15)6-8)12(20,13(16,17)18)4-3-7-1-2-7/h5-7,20H,1-2,19H2. The van der Waals surface area contributed by atoms with E-state index in [0.717, 1.165) is 12.1 Å². The van der Waals surface area contributed by atoms with Gasteiger partial charge in [0, 0.05) is 16.5 Å². The third kappa shape index (κ3) is 2.69. The zero-order valence-corrected chi connectivity index (χ0v) is 10.8. The minimum atomic E-state index is -5.12. The summed E-state index contributed by atoms with van der Waals surface area (Å²) in [6.07, 6.45) is -3.76. The number of benzene rings is 1. The van der Waals surface area contributed by atoms with E-state index in [9.17, 15) is 22.7 Å². The Kier molecular flexibility index (Phi) is 3.61. The molecule has 1 fully saturated rings. The van der Waals surface area contributed by atoms with Crippen LogP contribution in [0.2, 0.25) is 5.02 Å². The maximum absolute atomic E-state index is 13.4. The van der Waals surface area contributed by atoms with Gasteiger partial charge >= 0.3 is 6.18 Å². The third-order valence-corrected chi connectivity index (χ3v) is 3.15. The van der Waals surface area contributed by atoms with Gasteiger partial charge in [0.25, 0.3) is 0 Å². The number of nitrogens with two attached hydrogens (primary N) is 1. The molecule has 2 rings (SSSR count). The minimum Gasteiger partial charge on any atom is -0.396 e. The quantitative estimate of drug-likeness (QED) is 0.475. The lowest BCUT2D eigenvalue weighted by Crippen LogP contribution is -2.41. The lowest BCUT2D eigenvalue weighted by Gasteiger charge is -2.27. The molecular weight excluding hydrogens is 298 g/mol. The van der Waals surface area contributed by atoms with Gasteiger partial charge in [0.05, 0.1) is 5.69 Å². The fourth-order valence-corrected chi connectivity index (χ4v) is 1.81. The third-order valence-electron chi connectivity index (χ3n) is 2.93. The molecule has 1 atom stereocenters. The van der Waals surface area contributed by atoms with Crippen molar-refractivity contribution in [1.29, 1.82) is 0 Å². The first kappa shape index (κ1) is 14.9. The molecule has 0 amide bonds. The molecule has 0 radical (unpaired) electrons. The lowest BCUT2D eigenvalue weighted by atomic mass is 9.91. The van der Waals surface area contributed by atoms with Crippen molar-refractivity contribution < 1.29 is 22.7 Å². The van der Waals surface area contributed by atoms with Crippen LogP contribution in [0.3, 0.4) is 0 Å². The Labute approximate surface area is 117 Å². The maximum atomic E-state index is 13.4. The Balaban J connectivity index is 2.61. The largest absolute Gasteiger partial charge is 0.433 e. The van der Waals surface area contributed by atoms with Crippen LogP contribution in [-0.2, 0) is 5.60 Å². The summed E-state index contributed by atoms with van der Waals surface area (Å²) in [5, 5.41) is 9.62. The number of alkyl halides is 3. The highest BCUT2D eigenvalue weighted by Gasteiger charge is 2.55. The van der Waals surface area contributed by atoms with Crippen LogP contribution in [0.4, 0.5) is 23.2 Å². The SMILES string of the molecule is Nc1c(F)cc(Cl)cc1C(O)(C#CC1CC1)C(F)(F)F. The predicted octanol–water partition coefficient (Wildman–Crippen LogP) is 3.22. The second kappa shape index (κ2) is 4.83. The fourth-order valence-electron chi connectivity index (χ4n) is 1.61. The van der Waals surface area contributed by atoms with Crippen LogP contribution in [-0.4, -0.2) is 11.3 Å². The van der Waals surface area contributed by atoms with E-state index in [0.29, 0.717) is 12.8 Å². The zero-order valence-electron chi connectivity index (χ0n) is 10.1. The van der Waals surface area contributed by atoms with Gasteiger partial charge in [0.1, 0.15) is 5.82 Å². The van der Waals surface area contributed by atoms with Crippen LogP contribution in [0.25, 0.3) is 0 Å². The summed E-state index contributed by atoms with van der Waals surface area (Å²) in [7, 11) is 0. The van der Waals surface area contributed by atoms with Crippen molar-refractivity contribution in [3.63, 3.8) is 0 Å². The number of nitrogen functional groups attached to an aromatic ring is 1. The number of rotatable bonds is 1. The second-order valence-corrected chi connectivity index (χ2v) is 5.04. The zero-order chi connectivity index (χ0) is 15.1. The van der Waals surface area contributed by atoms with Gasteiger partial charge in [0.2, 0.25) is 5.60 Å². The predicted molar refractivity (Wildman–Crippen MR) is 66.3 cm³/mol. The summed E-state index contributed by atoms with van der Waals surface area (Å²) in [4.78, 5) is 0. The van der Waals surface area contributed by atoms with E-state index < -0.39 is 28.8 Å². The number of hydrogen-bond acceptors (Lipinski definition) is 2. The van der Waals surface area contributed by atoms with Crippen LogP contribution in [0.5, 0.6) is 0 Å². The van der Waals surface area contributed by atoms with Crippen molar-refractivity contribution in [1.82, 2.24) is 0 Å². The average molecular weight is 308 g/mol. The molecule has 1 saturated carbocycles. The maximum Gasteiger partial charge on any atom is 0.433 e. The van der Waals surface area contributed by atoms with Gasteiger partial charge < -0.3 is 10.8 Å². The number of hydrogen-bond donors (Lipinski definition) is 2. The van der Waals surface area contributed by atoms with E-state index in [1.165, 1.54) is 0 Å². The molecule has 1 aliphatic rings. The molecular formula is C13H10ClF4NO.